The van der Waals surface area contributed by atoms with Gasteiger partial charge in [0, 0.05) is 19.3 Å². The van der Waals surface area contributed by atoms with Crippen LogP contribution in [0, 0.1) is 5.82 Å². The second-order valence-corrected chi connectivity index (χ2v) is 5.90. The molecule has 1 heterocycles. The number of sulfonamides is 1. The summed E-state index contributed by atoms with van der Waals surface area (Å²) in [6.07, 6.45) is 2.04. The van der Waals surface area contributed by atoms with Crippen molar-refractivity contribution < 1.29 is 12.8 Å². The predicted molar refractivity (Wildman–Crippen MR) is 72.6 cm³/mol. The Hall–Kier alpha value is -1.83. The summed E-state index contributed by atoms with van der Waals surface area (Å²) < 4.78 is 39.4. The largest absolute Gasteiger partial charge is 0.326 e. The van der Waals surface area contributed by atoms with Gasteiger partial charge in [0.25, 0.3) is 0 Å². The van der Waals surface area contributed by atoms with Crippen LogP contribution in [0.1, 0.15) is 11.1 Å². The van der Waals surface area contributed by atoms with Gasteiger partial charge in [0.2, 0.25) is 10.0 Å². The minimum absolute atomic E-state index is 0.0895. The van der Waals surface area contributed by atoms with Crippen molar-refractivity contribution in [2.75, 3.05) is 0 Å². The summed E-state index contributed by atoms with van der Waals surface area (Å²) in [6.45, 7) is 0.408. The van der Waals surface area contributed by atoms with Crippen molar-refractivity contribution in [1.29, 1.82) is 0 Å². The topological polar surface area (TPSA) is 85.1 Å². The highest BCUT2D eigenvalue weighted by Gasteiger charge is 2.15. The zero-order valence-corrected chi connectivity index (χ0v) is 11.4. The molecule has 0 radical (unpaired) electrons. The molecule has 20 heavy (non-hydrogen) atoms. The molecule has 0 amide bonds. The van der Waals surface area contributed by atoms with Crippen LogP contribution in [0.25, 0.3) is 0 Å². The van der Waals surface area contributed by atoms with E-state index in [2.05, 4.69) is 9.71 Å². The highest BCUT2D eigenvalue weighted by atomic mass is 32.2. The molecule has 0 spiro atoms. The van der Waals surface area contributed by atoms with Crippen molar-refractivity contribution in [3.05, 3.63) is 59.7 Å². The average Bonchev–Trinajstić information content (AvgIpc) is 2.45. The van der Waals surface area contributed by atoms with Crippen LogP contribution >= 0.6 is 0 Å². The van der Waals surface area contributed by atoms with Crippen LogP contribution in [0.3, 0.4) is 0 Å². The summed E-state index contributed by atoms with van der Waals surface area (Å²) in [7, 11) is -3.80. The Balaban J connectivity index is 2.17. The fourth-order valence-electron chi connectivity index (χ4n) is 1.72. The molecule has 106 valence electrons. The summed E-state index contributed by atoms with van der Waals surface area (Å²) in [5.74, 6) is -0.699. The van der Waals surface area contributed by atoms with E-state index in [1.807, 2.05) is 12.1 Å². The lowest BCUT2D eigenvalue weighted by Gasteiger charge is -2.09. The smallest absolute Gasteiger partial charge is 0.242 e. The molecule has 2 rings (SSSR count). The quantitative estimate of drug-likeness (QED) is 0.866. The molecule has 0 aliphatic rings. The molecule has 0 saturated carbocycles. The number of halogens is 1. The molecule has 3 N–H and O–H groups in total. The van der Waals surface area contributed by atoms with Crippen LogP contribution in [0.4, 0.5) is 4.39 Å². The summed E-state index contributed by atoms with van der Waals surface area (Å²) >= 11 is 0. The number of hydrogen-bond acceptors (Lipinski definition) is 4. The van der Waals surface area contributed by atoms with Crippen LogP contribution in [0.5, 0.6) is 0 Å². The molecule has 7 heteroatoms. The summed E-state index contributed by atoms with van der Waals surface area (Å²) in [4.78, 5) is 3.32. The number of pyridine rings is 1. The van der Waals surface area contributed by atoms with E-state index >= 15 is 0 Å². The van der Waals surface area contributed by atoms with Crippen molar-refractivity contribution in [1.82, 2.24) is 9.71 Å². The van der Waals surface area contributed by atoms with Crippen molar-refractivity contribution in [2.45, 2.75) is 18.0 Å². The lowest BCUT2D eigenvalue weighted by molar-refractivity contribution is 0.575. The molecule has 0 saturated heterocycles. The molecule has 1 aromatic carbocycles. The number of rotatable bonds is 5. The number of nitrogens with two attached hydrogens (primary N) is 1. The first-order valence-electron chi connectivity index (χ1n) is 5.90. The number of nitrogens with one attached hydrogen (secondary N) is 1. The SMILES string of the molecule is NCc1ccccc1CNS(=O)(=O)c1cncc(F)c1. The van der Waals surface area contributed by atoms with E-state index in [1.54, 1.807) is 12.1 Å². The maximum Gasteiger partial charge on any atom is 0.242 e. The van der Waals surface area contributed by atoms with Gasteiger partial charge in [-0.3, -0.25) is 4.98 Å². The fraction of sp³-hybridized carbons (Fsp3) is 0.154. The summed E-state index contributed by atoms with van der Waals surface area (Å²) in [6, 6.07) is 8.16. The zero-order chi connectivity index (χ0) is 14.6. The molecule has 0 bridgehead atoms. The minimum atomic E-state index is -3.80. The zero-order valence-electron chi connectivity index (χ0n) is 10.6. The number of hydrogen-bond donors (Lipinski definition) is 2. The van der Waals surface area contributed by atoms with E-state index < -0.39 is 15.8 Å². The second kappa shape index (κ2) is 6.08. The van der Waals surface area contributed by atoms with Gasteiger partial charge >= 0.3 is 0 Å². The van der Waals surface area contributed by atoms with Crippen molar-refractivity contribution in [3.8, 4) is 0 Å². The number of aromatic nitrogens is 1. The molecule has 2 aromatic rings. The molecule has 5 nitrogen and oxygen atoms in total. The lowest BCUT2D eigenvalue weighted by atomic mass is 10.1. The third-order valence-corrected chi connectivity index (χ3v) is 4.15. The van der Waals surface area contributed by atoms with Crippen LogP contribution in [-0.2, 0) is 23.1 Å². The van der Waals surface area contributed by atoms with Gasteiger partial charge in [-0.15, -0.1) is 0 Å². The van der Waals surface area contributed by atoms with Crippen molar-refractivity contribution in [2.24, 2.45) is 5.73 Å². The Morgan fingerprint density at radius 1 is 1.20 bits per heavy atom. The van der Waals surface area contributed by atoms with Gasteiger partial charge in [0.1, 0.15) is 10.7 Å². The maximum absolute atomic E-state index is 13.0. The van der Waals surface area contributed by atoms with E-state index in [4.69, 9.17) is 5.73 Å². The van der Waals surface area contributed by atoms with Gasteiger partial charge in [0.15, 0.2) is 0 Å². The third-order valence-electron chi connectivity index (χ3n) is 2.78. The van der Waals surface area contributed by atoms with Crippen LogP contribution in [0.2, 0.25) is 0 Å². The summed E-state index contributed by atoms with van der Waals surface area (Å²) in [5, 5.41) is 0. The molecule has 0 fully saturated rings. The van der Waals surface area contributed by atoms with Gasteiger partial charge < -0.3 is 5.73 Å². The first-order chi connectivity index (χ1) is 9.53. The average molecular weight is 295 g/mol. The number of benzene rings is 1. The van der Waals surface area contributed by atoms with Crippen LogP contribution in [-0.4, -0.2) is 13.4 Å². The lowest BCUT2D eigenvalue weighted by Crippen LogP contribution is -2.24. The predicted octanol–water partition coefficient (Wildman–Crippen LogP) is 1.16. The Kier molecular flexibility index (Phi) is 4.43. The maximum atomic E-state index is 13.0. The van der Waals surface area contributed by atoms with E-state index in [9.17, 15) is 12.8 Å². The van der Waals surface area contributed by atoms with E-state index in [0.29, 0.717) is 6.54 Å². The Morgan fingerprint density at radius 3 is 2.55 bits per heavy atom. The first kappa shape index (κ1) is 14.6. The normalized spacial score (nSPS) is 11.5. The van der Waals surface area contributed by atoms with Crippen LogP contribution in [0.15, 0.2) is 47.6 Å². The van der Waals surface area contributed by atoms with Gasteiger partial charge in [-0.25, -0.2) is 17.5 Å². The van der Waals surface area contributed by atoms with E-state index in [0.717, 1.165) is 29.6 Å². The van der Waals surface area contributed by atoms with Crippen molar-refractivity contribution >= 4 is 10.0 Å². The first-order valence-corrected chi connectivity index (χ1v) is 7.38. The van der Waals surface area contributed by atoms with Gasteiger partial charge in [0.05, 0.1) is 6.20 Å². The Labute approximate surface area is 116 Å². The fourth-order valence-corrected chi connectivity index (χ4v) is 2.70. The second-order valence-electron chi connectivity index (χ2n) is 4.14. The highest BCUT2D eigenvalue weighted by molar-refractivity contribution is 7.89. The third kappa shape index (κ3) is 3.38. The Morgan fingerprint density at radius 2 is 1.90 bits per heavy atom. The van der Waals surface area contributed by atoms with Crippen LogP contribution < -0.4 is 10.5 Å². The van der Waals surface area contributed by atoms with Gasteiger partial charge in [-0.05, 0) is 17.2 Å². The molecular formula is C13H14FN3O2S. The molecule has 0 aliphatic carbocycles. The molecule has 0 aliphatic heterocycles. The van der Waals surface area contributed by atoms with Gasteiger partial charge in [-0.2, -0.15) is 0 Å². The standard InChI is InChI=1S/C13H14FN3O2S/c14-12-5-13(9-16-8-12)20(18,19)17-7-11-4-2-1-3-10(11)6-15/h1-5,8-9,17H,6-7,15H2. The molecule has 1 aromatic heterocycles. The van der Waals surface area contributed by atoms with Crippen molar-refractivity contribution in [3.63, 3.8) is 0 Å². The number of nitrogens with zero attached hydrogens (tertiary/aromatic N) is 1. The van der Waals surface area contributed by atoms with E-state index in [1.165, 1.54) is 0 Å². The van der Waals surface area contributed by atoms with E-state index in [-0.39, 0.29) is 11.4 Å². The minimum Gasteiger partial charge on any atom is -0.326 e. The van der Waals surface area contributed by atoms with Gasteiger partial charge in [-0.1, -0.05) is 24.3 Å². The molecule has 0 atom stereocenters. The Bertz CT molecular complexity index is 704. The summed E-state index contributed by atoms with van der Waals surface area (Å²) in [5.41, 5.74) is 7.22. The highest BCUT2D eigenvalue weighted by Crippen LogP contribution is 2.12. The monoisotopic (exact) mass is 295 g/mol. The molecular weight excluding hydrogens is 281 g/mol. The molecule has 0 unspecified atom stereocenters.